The second-order valence-electron chi connectivity index (χ2n) is 7.34. The van der Waals surface area contributed by atoms with E-state index >= 15 is 0 Å². The Balaban J connectivity index is 1.39. The van der Waals surface area contributed by atoms with Crippen LogP contribution in [0.15, 0.2) is 49.1 Å². The number of hydrogen-bond donors (Lipinski definition) is 1. The van der Waals surface area contributed by atoms with Gasteiger partial charge in [0.25, 0.3) is 0 Å². The molecule has 0 atom stereocenters. The van der Waals surface area contributed by atoms with E-state index in [0.29, 0.717) is 16.8 Å². The van der Waals surface area contributed by atoms with Crippen LogP contribution >= 0.6 is 11.3 Å². The fourth-order valence-corrected chi connectivity index (χ4v) is 4.53. The van der Waals surface area contributed by atoms with Gasteiger partial charge in [0, 0.05) is 73.7 Å². The fourth-order valence-electron chi connectivity index (χ4n) is 3.71. The second-order valence-corrected chi connectivity index (χ2v) is 8.37. The van der Waals surface area contributed by atoms with E-state index in [1.165, 1.54) is 12.1 Å². The summed E-state index contributed by atoms with van der Waals surface area (Å²) in [4.78, 5) is 12.2. The van der Waals surface area contributed by atoms with Crippen molar-refractivity contribution in [3.8, 4) is 21.6 Å². The van der Waals surface area contributed by atoms with Gasteiger partial charge in [0.15, 0.2) is 5.13 Å². The summed E-state index contributed by atoms with van der Waals surface area (Å²) in [6.07, 6.45) is 7.23. The third-order valence-corrected chi connectivity index (χ3v) is 6.31. The minimum atomic E-state index is -0.614. The number of anilines is 1. The van der Waals surface area contributed by atoms with Gasteiger partial charge in [-0.15, -0.1) is 0 Å². The van der Waals surface area contributed by atoms with Gasteiger partial charge in [0.05, 0.1) is 18.1 Å². The Hall–Kier alpha value is -2.88. The van der Waals surface area contributed by atoms with Gasteiger partial charge in [-0.05, 0) is 18.2 Å². The zero-order chi connectivity index (χ0) is 21.2. The van der Waals surface area contributed by atoms with Crippen LogP contribution in [-0.2, 0) is 4.74 Å². The van der Waals surface area contributed by atoms with E-state index in [9.17, 15) is 8.78 Å². The van der Waals surface area contributed by atoms with Crippen LogP contribution in [0.25, 0.3) is 27.2 Å². The maximum atomic E-state index is 14.5. The first kappa shape index (κ1) is 20.0. The van der Waals surface area contributed by atoms with Gasteiger partial charge in [-0.25, -0.2) is 18.7 Å². The quantitative estimate of drug-likeness (QED) is 0.487. The van der Waals surface area contributed by atoms with E-state index in [1.807, 2.05) is 29.1 Å². The number of nitrogens with one attached hydrogen (secondary N) is 1. The molecule has 0 radical (unpaired) electrons. The van der Waals surface area contributed by atoms with Gasteiger partial charge in [-0.1, -0.05) is 11.3 Å². The molecule has 6 nitrogen and oxygen atoms in total. The standard InChI is InChI=1S/C22H21F2N5OS/c23-16-1-2-17(19(24)12-16)18-11-15(14-29-6-4-25-21(18)29)20-13-27-22(31-20)26-3-5-28-7-9-30-10-8-28/h1-2,4,6,11-14H,3,5,7-10H2,(H,26,27). The number of rotatable bonds is 6. The summed E-state index contributed by atoms with van der Waals surface area (Å²) >= 11 is 1.54. The van der Waals surface area contributed by atoms with Crippen LogP contribution in [0.2, 0.25) is 0 Å². The van der Waals surface area contributed by atoms with Gasteiger partial charge in [-0.3, -0.25) is 4.90 Å². The van der Waals surface area contributed by atoms with Crippen LogP contribution in [-0.4, -0.2) is 58.7 Å². The highest BCUT2D eigenvalue weighted by Crippen LogP contribution is 2.34. The van der Waals surface area contributed by atoms with E-state index in [-0.39, 0.29) is 0 Å². The van der Waals surface area contributed by atoms with Crippen LogP contribution in [0.3, 0.4) is 0 Å². The minimum absolute atomic E-state index is 0.313. The van der Waals surface area contributed by atoms with Crippen molar-refractivity contribution >= 4 is 22.1 Å². The first-order valence-electron chi connectivity index (χ1n) is 10.1. The van der Waals surface area contributed by atoms with Gasteiger partial charge in [-0.2, -0.15) is 0 Å². The van der Waals surface area contributed by atoms with Gasteiger partial charge >= 0.3 is 0 Å². The number of aromatic nitrogens is 3. The Morgan fingerprint density at radius 2 is 1.97 bits per heavy atom. The Labute approximate surface area is 182 Å². The zero-order valence-electron chi connectivity index (χ0n) is 16.7. The van der Waals surface area contributed by atoms with Crippen LogP contribution in [0.5, 0.6) is 0 Å². The lowest BCUT2D eigenvalue weighted by Crippen LogP contribution is -2.38. The minimum Gasteiger partial charge on any atom is -0.379 e. The molecule has 4 heterocycles. The molecular formula is C22H21F2N5OS. The molecule has 1 aliphatic rings. The highest BCUT2D eigenvalue weighted by molar-refractivity contribution is 7.18. The number of fused-ring (bicyclic) bond motifs is 1. The molecule has 0 amide bonds. The van der Waals surface area contributed by atoms with E-state index < -0.39 is 11.6 Å². The van der Waals surface area contributed by atoms with Crippen molar-refractivity contribution in [2.24, 2.45) is 0 Å². The number of pyridine rings is 1. The SMILES string of the molecule is Fc1ccc(-c2cc(-c3cnc(NCCN4CCOCC4)s3)cn3ccnc23)c(F)c1. The molecule has 1 N–H and O–H groups in total. The molecule has 0 aliphatic carbocycles. The molecule has 1 fully saturated rings. The molecule has 1 aromatic carbocycles. The second kappa shape index (κ2) is 8.70. The van der Waals surface area contributed by atoms with Gasteiger partial charge in [0.2, 0.25) is 0 Å². The van der Waals surface area contributed by atoms with Crippen molar-refractivity contribution < 1.29 is 13.5 Å². The molecule has 1 aliphatic heterocycles. The number of benzene rings is 1. The predicted molar refractivity (Wildman–Crippen MR) is 117 cm³/mol. The van der Waals surface area contributed by atoms with Crippen LogP contribution in [0.4, 0.5) is 13.9 Å². The highest BCUT2D eigenvalue weighted by Gasteiger charge is 2.15. The molecule has 4 aromatic rings. The molecular weight excluding hydrogens is 420 g/mol. The number of hydrogen-bond acceptors (Lipinski definition) is 6. The van der Waals surface area contributed by atoms with Crippen LogP contribution < -0.4 is 5.32 Å². The number of nitrogens with zero attached hydrogens (tertiary/aromatic N) is 4. The Bertz CT molecular complexity index is 1200. The summed E-state index contributed by atoms with van der Waals surface area (Å²) in [6, 6.07) is 5.48. The van der Waals surface area contributed by atoms with Crippen molar-refractivity contribution in [3.63, 3.8) is 0 Å². The lowest BCUT2D eigenvalue weighted by molar-refractivity contribution is 0.0398. The summed E-state index contributed by atoms with van der Waals surface area (Å²) < 4.78 is 35.1. The number of morpholine rings is 1. The highest BCUT2D eigenvalue weighted by atomic mass is 32.1. The Morgan fingerprint density at radius 3 is 2.81 bits per heavy atom. The maximum absolute atomic E-state index is 14.5. The molecule has 0 saturated carbocycles. The number of halogens is 2. The van der Waals surface area contributed by atoms with Crippen LogP contribution in [0, 0.1) is 11.6 Å². The monoisotopic (exact) mass is 441 g/mol. The summed E-state index contributed by atoms with van der Waals surface area (Å²) in [5.41, 5.74) is 2.42. The van der Waals surface area contributed by atoms with E-state index in [4.69, 9.17) is 4.74 Å². The van der Waals surface area contributed by atoms with Crippen LogP contribution in [0.1, 0.15) is 0 Å². The Kier molecular flexibility index (Phi) is 5.63. The first-order chi connectivity index (χ1) is 15.2. The third-order valence-electron chi connectivity index (χ3n) is 5.31. The molecule has 1 saturated heterocycles. The summed E-state index contributed by atoms with van der Waals surface area (Å²) in [6.45, 7) is 5.23. The molecule has 5 rings (SSSR count). The normalized spacial score (nSPS) is 14.9. The molecule has 9 heteroatoms. The van der Waals surface area contributed by atoms with Crippen molar-refractivity contribution in [1.82, 2.24) is 19.3 Å². The summed E-state index contributed by atoms with van der Waals surface area (Å²) in [5, 5.41) is 4.22. The maximum Gasteiger partial charge on any atom is 0.183 e. The van der Waals surface area contributed by atoms with Crippen molar-refractivity contribution in [2.45, 2.75) is 0 Å². The van der Waals surface area contributed by atoms with Crippen molar-refractivity contribution in [1.29, 1.82) is 0 Å². The van der Waals surface area contributed by atoms with E-state index in [2.05, 4.69) is 20.2 Å². The number of imidazole rings is 1. The lowest BCUT2D eigenvalue weighted by Gasteiger charge is -2.26. The Morgan fingerprint density at radius 1 is 1.10 bits per heavy atom. The molecule has 0 spiro atoms. The molecule has 3 aromatic heterocycles. The topological polar surface area (TPSA) is 54.7 Å². The lowest BCUT2D eigenvalue weighted by atomic mass is 10.0. The zero-order valence-corrected chi connectivity index (χ0v) is 17.5. The first-order valence-corrected chi connectivity index (χ1v) is 10.9. The molecule has 160 valence electrons. The van der Waals surface area contributed by atoms with Gasteiger partial charge in [0.1, 0.15) is 17.3 Å². The summed E-state index contributed by atoms with van der Waals surface area (Å²) in [5.74, 6) is -1.22. The van der Waals surface area contributed by atoms with E-state index in [1.54, 1.807) is 17.5 Å². The third kappa shape index (κ3) is 4.30. The summed E-state index contributed by atoms with van der Waals surface area (Å²) in [7, 11) is 0. The van der Waals surface area contributed by atoms with E-state index in [0.717, 1.165) is 61.0 Å². The molecule has 31 heavy (non-hydrogen) atoms. The number of ether oxygens (including phenoxy) is 1. The van der Waals surface area contributed by atoms with Gasteiger partial charge < -0.3 is 14.5 Å². The number of thiazole rings is 1. The molecule has 0 bridgehead atoms. The average molecular weight is 442 g/mol. The van der Waals surface area contributed by atoms with Crippen molar-refractivity contribution in [2.75, 3.05) is 44.7 Å². The largest absolute Gasteiger partial charge is 0.379 e. The fraction of sp³-hybridized carbons (Fsp3) is 0.273. The van der Waals surface area contributed by atoms with Crippen molar-refractivity contribution in [3.05, 3.63) is 60.7 Å². The molecule has 0 unspecified atom stereocenters. The smallest absolute Gasteiger partial charge is 0.183 e. The average Bonchev–Trinajstić information content (AvgIpc) is 3.43. The predicted octanol–water partition coefficient (Wildman–Crippen LogP) is 4.15.